The van der Waals surface area contributed by atoms with Crippen molar-refractivity contribution in [1.29, 1.82) is 0 Å². The molecule has 8 nitrogen and oxygen atoms in total. The van der Waals surface area contributed by atoms with Gasteiger partial charge in [-0.2, -0.15) is 0 Å². The van der Waals surface area contributed by atoms with E-state index in [1.807, 2.05) is 25.3 Å². The van der Waals surface area contributed by atoms with Crippen LogP contribution in [0.3, 0.4) is 0 Å². The van der Waals surface area contributed by atoms with E-state index in [1.165, 1.54) is 4.90 Å². The van der Waals surface area contributed by atoms with Crippen LogP contribution in [0.1, 0.15) is 33.5 Å². The molecule has 0 saturated heterocycles. The van der Waals surface area contributed by atoms with E-state index in [2.05, 4.69) is 32.7 Å². The van der Waals surface area contributed by atoms with Gasteiger partial charge in [0, 0.05) is 39.1 Å². The van der Waals surface area contributed by atoms with Crippen LogP contribution in [0.4, 0.5) is 0 Å². The highest BCUT2D eigenvalue weighted by atomic mass is 16.2. The first-order valence-corrected chi connectivity index (χ1v) is 7.86. The largest absolute Gasteiger partial charge is 0.355 e. The molecule has 1 aromatic heterocycles. The quantitative estimate of drug-likeness (QED) is 0.579. The number of nitrogens with one attached hydrogen (secondary N) is 2. The van der Waals surface area contributed by atoms with Gasteiger partial charge in [0.1, 0.15) is 18.7 Å². The second-order valence-corrected chi connectivity index (χ2v) is 6.55. The lowest BCUT2D eigenvalue weighted by Gasteiger charge is -2.24. The molecule has 0 fully saturated rings. The summed E-state index contributed by atoms with van der Waals surface area (Å²) >= 11 is 0. The fraction of sp³-hybridized carbons (Fsp3) is 0.733. The summed E-state index contributed by atoms with van der Waals surface area (Å²) in [5, 5.41) is 14.5. The highest BCUT2D eigenvalue weighted by Gasteiger charge is 2.13. The van der Waals surface area contributed by atoms with Gasteiger partial charge in [0.15, 0.2) is 5.96 Å². The number of likely N-dealkylation sites (N-methyl/N-ethyl adjacent to an activating group) is 1. The monoisotopic (exact) mass is 323 g/mol. The van der Waals surface area contributed by atoms with E-state index >= 15 is 0 Å². The van der Waals surface area contributed by atoms with Gasteiger partial charge in [-0.1, -0.05) is 6.92 Å². The van der Waals surface area contributed by atoms with Crippen molar-refractivity contribution in [3.63, 3.8) is 0 Å². The minimum atomic E-state index is -0.141. The molecule has 1 heterocycles. The summed E-state index contributed by atoms with van der Waals surface area (Å²) in [5.74, 6) is 1.54. The van der Waals surface area contributed by atoms with Crippen molar-refractivity contribution in [3.05, 3.63) is 12.2 Å². The molecule has 23 heavy (non-hydrogen) atoms. The Labute approximate surface area is 138 Å². The minimum Gasteiger partial charge on any atom is -0.355 e. The fourth-order valence-corrected chi connectivity index (χ4v) is 1.82. The first kappa shape index (κ1) is 18.9. The molecule has 0 atom stereocenters. The molecule has 0 aliphatic rings. The number of hydrogen-bond donors (Lipinski definition) is 2. The van der Waals surface area contributed by atoms with Crippen LogP contribution in [0, 0.1) is 0 Å². The summed E-state index contributed by atoms with van der Waals surface area (Å²) < 4.78 is 2.01. The van der Waals surface area contributed by atoms with Crippen molar-refractivity contribution in [3.8, 4) is 0 Å². The van der Waals surface area contributed by atoms with Crippen LogP contribution in [0.25, 0.3) is 0 Å². The molecule has 1 amide bonds. The van der Waals surface area contributed by atoms with E-state index in [9.17, 15) is 4.79 Å². The number of rotatable bonds is 6. The highest BCUT2D eigenvalue weighted by molar-refractivity contribution is 5.85. The summed E-state index contributed by atoms with van der Waals surface area (Å²) in [6.07, 6.45) is 2.57. The molecule has 0 aliphatic carbocycles. The van der Waals surface area contributed by atoms with Gasteiger partial charge < -0.3 is 20.1 Å². The minimum absolute atomic E-state index is 0.0351. The molecular weight excluding hydrogens is 294 g/mol. The van der Waals surface area contributed by atoms with Crippen molar-refractivity contribution in [2.24, 2.45) is 4.99 Å². The number of guanidine groups is 1. The maximum atomic E-state index is 11.7. The van der Waals surface area contributed by atoms with Gasteiger partial charge in [0.05, 0.1) is 0 Å². The van der Waals surface area contributed by atoms with Crippen LogP contribution in [0.5, 0.6) is 0 Å². The summed E-state index contributed by atoms with van der Waals surface area (Å²) in [5.41, 5.74) is -0.141. The number of aromatic nitrogens is 3. The number of amides is 1. The number of aryl methyl sites for hydroxylation is 1. The maximum absolute atomic E-state index is 11.7. The standard InChI is InChI=1S/C15H29N7O/c1-7-12-20-18-11-22(12)9-8-16-14(19-15(2,3)4)17-10-13(23)21(5)6/h11H,7-10H2,1-6H3,(H2,16,17,19). The van der Waals surface area contributed by atoms with Crippen molar-refractivity contribution < 1.29 is 4.79 Å². The van der Waals surface area contributed by atoms with E-state index in [4.69, 9.17) is 0 Å². The van der Waals surface area contributed by atoms with Gasteiger partial charge in [0.2, 0.25) is 5.91 Å². The van der Waals surface area contributed by atoms with Gasteiger partial charge in [-0.05, 0) is 20.8 Å². The number of aliphatic imine (C=N–C) groups is 1. The lowest BCUT2D eigenvalue weighted by atomic mass is 10.1. The molecule has 1 rings (SSSR count). The summed E-state index contributed by atoms with van der Waals surface area (Å²) in [7, 11) is 3.45. The molecule has 1 aromatic rings. The molecule has 0 bridgehead atoms. The molecule has 0 aromatic carbocycles. The Kier molecular flexibility index (Phi) is 6.99. The number of nitrogens with zero attached hydrogens (tertiary/aromatic N) is 5. The molecule has 0 radical (unpaired) electrons. The maximum Gasteiger partial charge on any atom is 0.243 e. The van der Waals surface area contributed by atoms with E-state index in [-0.39, 0.29) is 18.0 Å². The number of carbonyl (C=O) groups excluding carboxylic acids is 1. The molecule has 130 valence electrons. The highest BCUT2D eigenvalue weighted by Crippen LogP contribution is 1.99. The van der Waals surface area contributed by atoms with E-state index in [0.29, 0.717) is 12.5 Å². The van der Waals surface area contributed by atoms with Crippen molar-refractivity contribution in [2.75, 3.05) is 27.2 Å². The Bertz CT molecular complexity index is 528. The van der Waals surface area contributed by atoms with E-state index in [0.717, 1.165) is 18.8 Å². The van der Waals surface area contributed by atoms with Crippen molar-refractivity contribution >= 4 is 11.9 Å². The zero-order valence-corrected chi connectivity index (χ0v) is 15.1. The SMILES string of the molecule is CCc1nncn1CCNC(=NCC(=O)N(C)C)NC(C)(C)C. The zero-order valence-electron chi connectivity index (χ0n) is 15.1. The lowest BCUT2D eigenvalue weighted by molar-refractivity contribution is -0.127. The topological polar surface area (TPSA) is 87.4 Å². The Morgan fingerprint density at radius 2 is 2.09 bits per heavy atom. The summed E-state index contributed by atoms with van der Waals surface area (Å²) in [6.45, 7) is 9.72. The summed E-state index contributed by atoms with van der Waals surface area (Å²) in [4.78, 5) is 17.6. The Balaban J connectivity index is 2.62. The van der Waals surface area contributed by atoms with Crippen LogP contribution < -0.4 is 10.6 Å². The first-order chi connectivity index (χ1) is 10.7. The molecule has 0 unspecified atom stereocenters. The summed E-state index contributed by atoms with van der Waals surface area (Å²) in [6, 6.07) is 0. The lowest BCUT2D eigenvalue weighted by Crippen LogP contribution is -2.48. The molecule has 0 saturated carbocycles. The zero-order chi connectivity index (χ0) is 17.5. The predicted octanol–water partition coefficient (Wildman–Crippen LogP) is 0.262. The van der Waals surface area contributed by atoms with Gasteiger partial charge in [-0.3, -0.25) is 4.79 Å². The van der Waals surface area contributed by atoms with Crippen molar-refractivity contribution in [1.82, 2.24) is 30.3 Å². The smallest absolute Gasteiger partial charge is 0.243 e. The van der Waals surface area contributed by atoms with Gasteiger partial charge >= 0.3 is 0 Å². The van der Waals surface area contributed by atoms with E-state index in [1.54, 1.807) is 20.4 Å². The Morgan fingerprint density at radius 3 is 2.65 bits per heavy atom. The van der Waals surface area contributed by atoms with Gasteiger partial charge in [-0.25, -0.2) is 4.99 Å². The van der Waals surface area contributed by atoms with Crippen LogP contribution in [-0.4, -0.2) is 64.3 Å². The van der Waals surface area contributed by atoms with Gasteiger partial charge in [-0.15, -0.1) is 10.2 Å². The van der Waals surface area contributed by atoms with Gasteiger partial charge in [0.25, 0.3) is 0 Å². The second-order valence-electron chi connectivity index (χ2n) is 6.55. The molecule has 2 N–H and O–H groups in total. The third-order valence-electron chi connectivity index (χ3n) is 3.02. The number of carbonyl (C=O) groups is 1. The molecular formula is C15H29N7O. The predicted molar refractivity (Wildman–Crippen MR) is 91.3 cm³/mol. The Hall–Kier alpha value is -2.12. The normalized spacial score (nSPS) is 12.2. The average molecular weight is 323 g/mol. The third kappa shape index (κ3) is 7.12. The molecule has 0 aliphatic heterocycles. The van der Waals surface area contributed by atoms with Crippen LogP contribution >= 0.6 is 0 Å². The second kappa shape index (κ2) is 8.50. The molecule has 8 heteroatoms. The molecule has 0 spiro atoms. The average Bonchev–Trinajstić information content (AvgIpc) is 2.90. The fourth-order valence-electron chi connectivity index (χ4n) is 1.82. The third-order valence-corrected chi connectivity index (χ3v) is 3.02. The number of hydrogen-bond acceptors (Lipinski definition) is 4. The van der Waals surface area contributed by atoms with Crippen LogP contribution in [-0.2, 0) is 17.8 Å². The van der Waals surface area contributed by atoms with Crippen LogP contribution in [0.2, 0.25) is 0 Å². The van der Waals surface area contributed by atoms with Crippen LogP contribution in [0.15, 0.2) is 11.3 Å². The first-order valence-electron chi connectivity index (χ1n) is 7.86. The van der Waals surface area contributed by atoms with Crippen molar-refractivity contribution in [2.45, 2.75) is 46.2 Å². The Morgan fingerprint density at radius 1 is 1.39 bits per heavy atom. The van der Waals surface area contributed by atoms with E-state index < -0.39 is 0 Å².